The number of nitrogens with two attached hydrogens (primary N) is 1. The molecule has 0 rings (SSSR count). The Labute approximate surface area is 108 Å². The van der Waals surface area contributed by atoms with E-state index < -0.39 is 12.1 Å². The number of carbonyl (C=O) groups excluding carboxylic acids is 2. The normalized spacial score (nSPS) is 12.2. The SMILES string of the molecule is CC(C)C(NC(N)=O)C(=O)NCCCCCCO. The van der Waals surface area contributed by atoms with Crippen molar-refractivity contribution >= 4 is 11.9 Å². The number of unbranched alkanes of at least 4 members (excludes halogenated alkanes) is 3. The van der Waals surface area contributed by atoms with Gasteiger partial charge in [-0.1, -0.05) is 26.7 Å². The summed E-state index contributed by atoms with van der Waals surface area (Å²) in [6.45, 7) is 4.49. The molecule has 18 heavy (non-hydrogen) atoms. The van der Waals surface area contributed by atoms with Gasteiger partial charge < -0.3 is 21.5 Å². The van der Waals surface area contributed by atoms with Gasteiger partial charge >= 0.3 is 6.03 Å². The second kappa shape index (κ2) is 9.70. The van der Waals surface area contributed by atoms with E-state index in [9.17, 15) is 9.59 Å². The maximum atomic E-state index is 11.8. The third-order valence-corrected chi connectivity index (χ3v) is 2.63. The Hall–Kier alpha value is -1.30. The van der Waals surface area contributed by atoms with Gasteiger partial charge in [-0.2, -0.15) is 0 Å². The van der Waals surface area contributed by atoms with E-state index in [1.165, 1.54) is 0 Å². The molecule has 106 valence electrons. The van der Waals surface area contributed by atoms with Crippen LogP contribution in [0.3, 0.4) is 0 Å². The summed E-state index contributed by atoms with van der Waals surface area (Å²) in [5.41, 5.74) is 5.02. The van der Waals surface area contributed by atoms with E-state index >= 15 is 0 Å². The van der Waals surface area contributed by atoms with Crippen molar-refractivity contribution in [2.24, 2.45) is 11.7 Å². The lowest BCUT2D eigenvalue weighted by Gasteiger charge is -2.20. The molecule has 0 saturated heterocycles. The Balaban J connectivity index is 3.85. The predicted molar refractivity (Wildman–Crippen MR) is 69.9 cm³/mol. The number of primary amides is 1. The quantitative estimate of drug-likeness (QED) is 0.449. The Morgan fingerprint density at radius 2 is 1.78 bits per heavy atom. The van der Waals surface area contributed by atoms with Gasteiger partial charge in [0.25, 0.3) is 0 Å². The molecule has 1 atom stereocenters. The number of carbonyl (C=O) groups is 2. The minimum absolute atomic E-state index is 0.00751. The smallest absolute Gasteiger partial charge is 0.312 e. The molecular weight excluding hydrogens is 234 g/mol. The fourth-order valence-corrected chi connectivity index (χ4v) is 1.60. The topological polar surface area (TPSA) is 104 Å². The van der Waals surface area contributed by atoms with Crippen LogP contribution in [0.4, 0.5) is 4.79 Å². The van der Waals surface area contributed by atoms with Crippen molar-refractivity contribution in [2.45, 2.75) is 45.6 Å². The highest BCUT2D eigenvalue weighted by Gasteiger charge is 2.22. The van der Waals surface area contributed by atoms with Gasteiger partial charge in [0.15, 0.2) is 0 Å². The van der Waals surface area contributed by atoms with Crippen LogP contribution in [-0.4, -0.2) is 36.2 Å². The Morgan fingerprint density at radius 3 is 2.28 bits per heavy atom. The fourth-order valence-electron chi connectivity index (χ4n) is 1.60. The lowest BCUT2D eigenvalue weighted by atomic mass is 10.0. The van der Waals surface area contributed by atoms with Crippen LogP contribution in [0, 0.1) is 5.92 Å². The molecule has 0 aromatic carbocycles. The molecule has 0 aromatic rings. The first-order valence-corrected chi connectivity index (χ1v) is 6.43. The molecule has 0 spiro atoms. The van der Waals surface area contributed by atoms with E-state index in [2.05, 4.69) is 10.6 Å². The van der Waals surface area contributed by atoms with E-state index in [-0.39, 0.29) is 18.4 Å². The summed E-state index contributed by atoms with van der Waals surface area (Å²) < 4.78 is 0. The first-order valence-electron chi connectivity index (χ1n) is 6.43. The molecule has 5 N–H and O–H groups in total. The molecule has 0 aliphatic rings. The monoisotopic (exact) mass is 259 g/mol. The fraction of sp³-hybridized carbons (Fsp3) is 0.833. The molecular formula is C12H25N3O3. The lowest BCUT2D eigenvalue weighted by molar-refractivity contribution is -0.123. The van der Waals surface area contributed by atoms with Crippen molar-refractivity contribution in [3.63, 3.8) is 0 Å². The second-order valence-electron chi connectivity index (χ2n) is 4.66. The summed E-state index contributed by atoms with van der Waals surface area (Å²) in [6.07, 6.45) is 3.59. The van der Waals surface area contributed by atoms with Gasteiger partial charge in [0.2, 0.25) is 5.91 Å². The Kier molecular flexibility index (Phi) is 9.00. The van der Waals surface area contributed by atoms with Crippen molar-refractivity contribution in [1.29, 1.82) is 0 Å². The van der Waals surface area contributed by atoms with Crippen molar-refractivity contribution in [3.05, 3.63) is 0 Å². The predicted octanol–water partition coefficient (Wildman–Crippen LogP) is 0.348. The maximum absolute atomic E-state index is 11.8. The van der Waals surface area contributed by atoms with Crippen LogP contribution in [-0.2, 0) is 4.79 Å². The minimum atomic E-state index is -0.688. The molecule has 0 aliphatic heterocycles. The summed E-state index contributed by atoms with van der Waals surface area (Å²) in [6, 6.07) is -1.27. The van der Waals surface area contributed by atoms with Crippen molar-refractivity contribution in [3.8, 4) is 0 Å². The molecule has 0 aliphatic carbocycles. The second-order valence-corrected chi connectivity index (χ2v) is 4.66. The van der Waals surface area contributed by atoms with Crippen LogP contribution in [0.15, 0.2) is 0 Å². The molecule has 6 nitrogen and oxygen atoms in total. The van der Waals surface area contributed by atoms with Crippen molar-refractivity contribution < 1.29 is 14.7 Å². The molecule has 1 unspecified atom stereocenters. The zero-order valence-corrected chi connectivity index (χ0v) is 11.2. The molecule has 0 heterocycles. The number of hydrogen-bond acceptors (Lipinski definition) is 3. The lowest BCUT2D eigenvalue weighted by Crippen LogP contribution is -2.51. The molecule has 6 heteroatoms. The van der Waals surface area contributed by atoms with Crippen LogP contribution in [0.2, 0.25) is 0 Å². The molecule has 0 aromatic heterocycles. The standard InChI is InChI=1S/C12H25N3O3/c1-9(2)10(15-12(13)18)11(17)14-7-5-3-4-6-8-16/h9-10,16H,3-8H2,1-2H3,(H,14,17)(H3,13,15,18). The highest BCUT2D eigenvalue weighted by Crippen LogP contribution is 2.02. The summed E-state index contributed by atoms with van der Waals surface area (Å²) in [5, 5.41) is 13.8. The third-order valence-electron chi connectivity index (χ3n) is 2.63. The summed E-state index contributed by atoms with van der Waals surface area (Å²) in [7, 11) is 0. The van der Waals surface area contributed by atoms with Crippen LogP contribution < -0.4 is 16.4 Å². The van der Waals surface area contributed by atoms with Crippen LogP contribution in [0.5, 0.6) is 0 Å². The van der Waals surface area contributed by atoms with E-state index in [0.29, 0.717) is 6.54 Å². The van der Waals surface area contributed by atoms with Gasteiger partial charge in [0, 0.05) is 13.2 Å². The van der Waals surface area contributed by atoms with Gasteiger partial charge in [-0.15, -0.1) is 0 Å². The van der Waals surface area contributed by atoms with Crippen LogP contribution >= 0.6 is 0 Å². The van der Waals surface area contributed by atoms with Gasteiger partial charge in [-0.3, -0.25) is 4.79 Å². The molecule has 0 radical (unpaired) electrons. The number of hydrogen-bond donors (Lipinski definition) is 4. The average Bonchev–Trinajstić information content (AvgIpc) is 2.29. The average molecular weight is 259 g/mol. The first kappa shape index (κ1) is 16.7. The maximum Gasteiger partial charge on any atom is 0.312 e. The van der Waals surface area contributed by atoms with E-state index in [1.807, 2.05) is 13.8 Å². The van der Waals surface area contributed by atoms with Gasteiger partial charge in [0.05, 0.1) is 0 Å². The van der Waals surface area contributed by atoms with E-state index in [0.717, 1.165) is 25.7 Å². The number of urea groups is 1. The zero-order valence-electron chi connectivity index (χ0n) is 11.2. The summed E-state index contributed by atoms with van der Waals surface area (Å²) >= 11 is 0. The third kappa shape index (κ3) is 7.89. The summed E-state index contributed by atoms with van der Waals surface area (Å²) in [4.78, 5) is 22.6. The minimum Gasteiger partial charge on any atom is -0.396 e. The number of aliphatic hydroxyl groups is 1. The Bertz CT molecular complexity index is 257. The first-order chi connectivity index (χ1) is 8.49. The summed E-state index contributed by atoms with van der Waals surface area (Å²) in [5.74, 6) is -0.210. The number of nitrogens with one attached hydrogen (secondary N) is 2. The van der Waals surface area contributed by atoms with Gasteiger partial charge in [-0.25, -0.2) is 4.79 Å². The van der Waals surface area contributed by atoms with Crippen molar-refractivity contribution in [2.75, 3.05) is 13.2 Å². The zero-order chi connectivity index (χ0) is 14.0. The van der Waals surface area contributed by atoms with Gasteiger partial charge in [0.1, 0.15) is 6.04 Å². The molecule has 0 saturated carbocycles. The number of rotatable bonds is 9. The van der Waals surface area contributed by atoms with Crippen molar-refractivity contribution in [1.82, 2.24) is 10.6 Å². The van der Waals surface area contributed by atoms with Crippen LogP contribution in [0.1, 0.15) is 39.5 Å². The Morgan fingerprint density at radius 1 is 1.17 bits per heavy atom. The number of aliphatic hydroxyl groups excluding tert-OH is 1. The molecule has 0 bridgehead atoms. The highest BCUT2D eigenvalue weighted by molar-refractivity contribution is 5.86. The number of amides is 3. The van der Waals surface area contributed by atoms with E-state index in [1.54, 1.807) is 0 Å². The molecule has 0 fully saturated rings. The van der Waals surface area contributed by atoms with Gasteiger partial charge in [-0.05, 0) is 18.8 Å². The van der Waals surface area contributed by atoms with E-state index in [4.69, 9.17) is 10.8 Å². The van der Waals surface area contributed by atoms with Crippen LogP contribution in [0.25, 0.3) is 0 Å². The molecule has 3 amide bonds. The highest BCUT2D eigenvalue weighted by atomic mass is 16.3. The largest absolute Gasteiger partial charge is 0.396 e.